The van der Waals surface area contributed by atoms with Gasteiger partial charge in [-0.2, -0.15) is 0 Å². The molecule has 0 aromatic heterocycles. The molecule has 2 nitrogen and oxygen atoms in total. The molecular formula is C30H34N2. The van der Waals surface area contributed by atoms with E-state index in [1.54, 1.807) is 0 Å². The largest absolute Gasteiger partial charge is 0.305 e. The van der Waals surface area contributed by atoms with Crippen LogP contribution in [0.1, 0.15) is 54.7 Å². The van der Waals surface area contributed by atoms with Gasteiger partial charge < -0.3 is 5.32 Å². The van der Waals surface area contributed by atoms with Crippen LogP contribution in [0.25, 0.3) is 0 Å². The molecule has 4 bridgehead atoms. The zero-order valence-corrected chi connectivity index (χ0v) is 18.9. The predicted octanol–water partition coefficient (Wildman–Crippen LogP) is 5.99. The minimum absolute atomic E-state index is 0.0335. The van der Waals surface area contributed by atoms with Crippen LogP contribution in [0.4, 0.5) is 0 Å². The van der Waals surface area contributed by atoms with E-state index < -0.39 is 0 Å². The molecule has 32 heavy (non-hydrogen) atoms. The van der Waals surface area contributed by atoms with Gasteiger partial charge in [-0.05, 0) is 48.3 Å². The van der Waals surface area contributed by atoms with Crippen LogP contribution in [0.5, 0.6) is 0 Å². The van der Waals surface area contributed by atoms with E-state index in [0.29, 0.717) is 5.92 Å². The van der Waals surface area contributed by atoms with Crippen LogP contribution >= 0.6 is 0 Å². The number of hydrogen-bond donors (Lipinski definition) is 1. The van der Waals surface area contributed by atoms with E-state index >= 15 is 0 Å². The summed E-state index contributed by atoms with van der Waals surface area (Å²) in [5, 5.41) is 4.20. The first-order valence-electron chi connectivity index (χ1n) is 12.5. The molecule has 3 aromatic rings. The van der Waals surface area contributed by atoms with Crippen molar-refractivity contribution in [2.45, 2.75) is 62.2 Å². The smallest absolute Gasteiger partial charge is 0.0425 e. The Morgan fingerprint density at radius 2 is 1.44 bits per heavy atom. The fourth-order valence-corrected chi connectivity index (χ4v) is 7.19. The summed E-state index contributed by atoms with van der Waals surface area (Å²) in [4.78, 5) is 2.91. The Hall–Kier alpha value is -2.42. The molecule has 0 amide bonds. The van der Waals surface area contributed by atoms with E-state index in [1.807, 2.05) is 0 Å². The Morgan fingerprint density at radius 1 is 0.812 bits per heavy atom. The number of benzene rings is 3. The highest BCUT2D eigenvalue weighted by molar-refractivity contribution is 5.38. The van der Waals surface area contributed by atoms with Crippen molar-refractivity contribution < 1.29 is 0 Å². The van der Waals surface area contributed by atoms with Crippen LogP contribution in [-0.2, 0) is 6.54 Å². The van der Waals surface area contributed by atoms with E-state index in [4.69, 9.17) is 0 Å². The zero-order chi connectivity index (χ0) is 21.4. The fourth-order valence-electron chi connectivity index (χ4n) is 7.19. The molecule has 3 aromatic carbocycles. The third-order valence-electron chi connectivity index (χ3n) is 8.45. The van der Waals surface area contributed by atoms with Crippen molar-refractivity contribution in [1.29, 1.82) is 0 Å². The van der Waals surface area contributed by atoms with Gasteiger partial charge in [0.15, 0.2) is 0 Å². The lowest BCUT2D eigenvalue weighted by molar-refractivity contribution is 0.0303. The highest BCUT2D eigenvalue weighted by Crippen LogP contribution is 2.52. The lowest BCUT2D eigenvalue weighted by Gasteiger charge is -2.53. The highest BCUT2D eigenvalue weighted by Gasteiger charge is 2.55. The Balaban J connectivity index is 1.43. The Labute approximate surface area is 192 Å². The van der Waals surface area contributed by atoms with Gasteiger partial charge in [-0.25, -0.2) is 0 Å². The van der Waals surface area contributed by atoms with Crippen molar-refractivity contribution in [2.24, 2.45) is 5.92 Å². The average Bonchev–Trinajstić information content (AvgIpc) is 3.00. The SMILES string of the molecule is c1ccc(CNC2(C(c3ccccc3)c3ccccc3)CC3CC4CCCC3N4C2)cc1. The number of rotatable bonds is 6. The van der Waals surface area contributed by atoms with Crippen molar-refractivity contribution in [3.8, 4) is 0 Å². The number of hydrogen-bond acceptors (Lipinski definition) is 2. The summed E-state index contributed by atoms with van der Waals surface area (Å²) < 4.78 is 0. The summed E-state index contributed by atoms with van der Waals surface area (Å²) in [6, 6.07) is 35.1. The molecule has 3 saturated heterocycles. The van der Waals surface area contributed by atoms with E-state index in [9.17, 15) is 0 Å². The Bertz CT molecular complexity index is 979. The second-order valence-corrected chi connectivity index (χ2v) is 10.3. The third kappa shape index (κ3) is 3.60. The van der Waals surface area contributed by atoms with Crippen LogP contribution in [0.2, 0.25) is 0 Å². The van der Waals surface area contributed by atoms with Crippen LogP contribution in [-0.4, -0.2) is 29.1 Å². The zero-order valence-electron chi connectivity index (χ0n) is 18.9. The molecular weight excluding hydrogens is 388 g/mol. The molecule has 2 heteroatoms. The summed E-state index contributed by atoms with van der Waals surface area (Å²) in [6.07, 6.45) is 6.88. The highest BCUT2D eigenvalue weighted by atomic mass is 15.3. The lowest BCUT2D eigenvalue weighted by atomic mass is 9.67. The molecule has 0 radical (unpaired) electrons. The van der Waals surface area contributed by atoms with Crippen LogP contribution in [0.3, 0.4) is 0 Å². The number of nitrogens with zero attached hydrogens (tertiary/aromatic N) is 1. The second kappa shape index (κ2) is 8.50. The van der Waals surface area contributed by atoms with Crippen LogP contribution < -0.4 is 5.32 Å². The maximum absolute atomic E-state index is 4.20. The molecule has 5 unspecified atom stereocenters. The predicted molar refractivity (Wildman–Crippen MR) is 132 cm³/mol. The van der Waals surface area contributed by atoms with Crippen molar-refractivity contribution in [3.05, 3.63) is 108 Å². The monoisotopic (exact) mass is 422 g/mol. The first-order valence-corrected chi connectivity index (χ1v) is 12.5. The topological polar surface area (TPSA) is 15.3 Å². The van der Waals surface area contributed by atoms with Gasteiger partial charge in [0.25, 0.3) is 0 Å². The quantitative estimate of drug-likeness (QED) is 0.525. The van der Waals surface area contributed by atoms with Gasteiger partial charge >= 0.3 is 0 Å². The first kappa shape index (κ1) is 20.2. The van der Waals surface area contributed by atoms with Gasteiger partial charge in [0.1, 0.15) is 0 Å². The summed E-state index contributed by atoms with van der Waals surface area (Å²) >= 11 is 0. The van der Waals surface area contributed by atoms with Crippen LogP contribution in [0.15, 0.2) is 91.0 Å². The molecule has 3 fully saturated rings. The molecule has 0 saturated carbocycles. The molecule has 0 spiro atoms. The maximum atomic E-state index is 4.20. The Kier molecular flexibility index (Phi) is 5.37. The van der Waals surface area contributed by atoms with E-state index in [0.717, 1.165) is 31.1 Å². The van der Waals surface area contributed by atoms with Gasteiger partial charge in [-0.15, -0.1) is 0 Å². The van der Waals surface area contributed by atoms with Crippen molar-refractivity contribution in [3.63, 3.8) is 0 Å². The summed E-state index contributed by atoms with van der Waals surface area (Å²) in [5.74, 6) is 1.16. The van der Waals surface area contributed by atoms with E-state index in [1.165, 1.54) is 48.8 Å². The van der Waals surface area contributed by atoms with Gasteiger partial charge in [0, 0.05) is 36.6 Å². The molecule has 6 rings (SSSR count). The number of piperidine rings is 2. The normalized spacial score (nSPS) is 31.0. The molecule has 3 heterocycles. The van der Waals surface area contributed by atoms with E-state index in [-0.39, 0.29) is 5.54 Å². The van der Waals surface area contributed by atoms with Crippen molar-refractivity contribution >= 4 is 0 Å². The van der Waals surface area contributed by atoms with E-state index in [2.05, 4.69) is 101 Å². The third-order valence-corrected chi connectivity index (χ3v) is 8.45. The summed E-state index contributed by atoms with van der Waals surface area (Å²) in [5.41, 5.74) is 4.28. The lowest BCUT2D eigenvalue weighted by Crippen LogP contribution is -2.63. The summed E-state index contributed by atoms with van der Waals surface area (Å²) in [7, 11) is 0. The Morgan fingerprint density at radius 3 is 2.09 bits per heavy atom. The van der Waals surface area contributed by atoms with Gasteiger partial charge in [-0.1, -0.05) is 97.4 Å². The first-order chi connectivity index (χ1) is 15.8. The molecule has 164 valence electrons. The van der Waals surface area contributed by atoms with Crippen LogP contribution in [0, 0.1) is 5.92 Å². The molecule has 3 aliphatic heterocycles. The molecule has 0 aliphatic carbocycles. The van der Waals surface area contributed by atoms with Crippen molar-refractivity contribution in [2.75, 3.05) is 6.54 Å². The maximum Gasteiger partial charge on any atom is 0.0425 e. The van der Waals surface area contributed by atoms with Gasteiger partial charge in [0.2, 0.25) is 0 Å². The minimum Gasteiger partial charge on any atom is -0.305 e. The van der Waals surface area contributed by atoms with Crippen molar-refractivity contribution in [1.82, 2.24) is 10.2 Å². The average molecular weight is 423 g/mol. The fraction of sp³-hybridized carbons (Fsp3) is 0.400. The molecule has 5 atom stereocenters. The number of nitrogens with one attached hydrogen (secondary N) is 1. The standard InChI is InChI=1S/C30H34N2/c1-4-11-23(12-5-1)21-31-30(20-26-19-27-17-10-18-28(26)32(27)22-30)29(24-13-6-2-7-14-24)25-15-8-3-9-16-25/h1-9,11-16,26-29,31H,10,17-22H2. The molecule has 1 N–H and O–H groups in total. The van der Waals surface area contributed by atoms with Gasteiger partial charge in [0.05, 0.1) is 0 Å². The minimum atomic E-state index is 0.0335. The second-order valence-electron chi connectivity index (χ2n) is 10.3. The molecule has 3 aliphatic rings. The van der Waals surface area contributed by atoms with Gasteiger partial charge in [-0.3, -0.25) is 4.90 Å². The summed E-state index contributed by atoms with van der Waals surface area (Å²) in [6.45, 7) is 2.08.